The monoisotopic (exact) mass is 339 g/mol. The second-order valence-electron chi connectivity index (χ2n) is 6.58. The van der Waals surface area contributed by atoms with Crippen molar-refractivity contribution in [1.82, 2.24) is 10.2 Å². The summed E-state index contributed by atoms with van der Waals surface area (Å²) < 4.78 is 0. The molecule has 2 aromatic carbocycles. The summed E-state index contributed by atoms with van der Waals surface area (Å²) in [5.74, 6) is 0.673. The number of hydrogen-bond donors (Lipinski definition) is 2. The fraction of sp³-hybridized carbons (Fsp3) is 0.316. The van der Waals surface area contributed by atoms with Gasteiger partial charge in [-0.15, -0.1) is 0 Å². The number of nitrogens with two attached hydrogens (primary N) is 1. The zero-order chi connectivity index (χ0) is 16.5. The summed E-state index contributed by atoms with van der Waals surface area (Å²) in [5, 5.41) is 3.20. The van der Waals surface area contributed by atoms with Crippen LogP contribution in [0.1, 0.15) is 16.8 Å². The molecule has 3 atom stereocenters. The second kappa shape index (κ2) is 6.49. The fourth-order valence-corrected chi connectivity index (χ4v) is 4.36. The normalized spacial score (nSPS) is 24.9. The molecule has 24 heavy (non-hydrogen) atoms. The van der Waals surface area contributed by atoms with Gasteiger partial charge in [0.15, 0.2) is 0 Å². The first kappa shape index (κ1) is 15.5. The molecule has 3 unspecified atom stereocenters. The molecule has 2 fully saturated rings. The number of hydrogen-bond acceptors (Lipinski definition) is 4. The van der Waals surface area contributed by atoms with Crippen LogP contribution in [0.2, 0.25) is 0 Å². The van der Waals surface area contributed by atoms with Crippen LogP contribution in [0.25, 0.3) is 0 Å². The van der Waals surface area contributed by atoms with E-state index in [0.29, 0.717) is 12.0 Å². The van der Waals surface area contributed by atoms with E-state index in [9.17, 15) is 4.79 Å². The van der Waals surface area contributed by atoms with Gasteiger partial charge in [0.25, 0.3) is 5.91 Å². The van der Waals surface area contributed by atoms with Crippen LogP contribution in [0.5, 0.6) is 0 Å². The summed E-state index contributed by atoms with van der Waals surface area (Å²) in [6.07, 6.45) is 1.21. The molecule has 2 aromatic rings. The largest absolute Gasteiger partial charge is 0.399 e. The Balaban J connectivity index is 1.38. The summed E-state index contributed by atoms with van der Waals surface area (Å²) in [6.45, 7) is 3.33. The Bertz CT molecular complexity index is 729. The molecule has 124 valence electrons. The zero-order valence-electron chi connectivity index (χ0n) is 13.4. The Kier molecular flexibility index (Phi) is 4.21. The minimum absolute atomic E-state index is 0.0396. The first-order valence-electron chi connectivity index (χ1n) is 8.34. The quantitative estimate of drug-likeness (QED) is 0.841. The predicted molar refractivity (Wildman–Crippen MR) is 97.2 cm³/mol. The minimum Gasteiger partial charge on any atom is -0.399 e. The van der Waals surface area contributed by atoms with Crippen molar-refractivity contribution in [1.29, 1.82) is 0 Å². The van der Waals surface area contributed by atoms with E-state index in [1.165, 1.54) is 13.0 Å². The smallest absolute Gasteiger partial charge is 0.251 e. The lowest BCUT2D eigenvalue weighted by Gasteiger charge is -2.23. The van der Waals surface area contributed by atoms with Gasteiger partial charge in [0.2, 0.25) is 0 Å². The summed E-state index contributed by atoms with van der Waals surface area (Å²) in [6, 6.07) is 15.9. The molecule has 4 rings (SSSR count). The molecule has 0 spiro atoms. The van der Waals surface area contributed by atoms with Crippen LogP contribution >= 0.6 is 11.8 Å². The molecular weight excluding hydrogens is 318 g/mol. The van der Waals surface area contributed by atoms with Gasteiger partial charge in [-0.05, 0) is 67.4 Å². The number of piperidine rings is 1. The van der Waals surface area contributed by atoms with E-state index < -0.39 is 0 Å². The van der Waals surface area contributed by atoms with Gasteiger partial charge in [-0.2, -0.15) is 0 Å². The fourth-order valence-electron chi connectivity index (χ4n) is 3.55. The van der Waals surface area contributed by atoms with Crippen molar-refractivity contribution in [3.63, 3.8) is 0 Å². The van der Waals surface area contributed by atoms with Crippen molar-refractivity contribution in [3.8, 4) is 0 Å². The molecule has 4 nitrogen and oxygen atoms in total. The molecule has 2 aliphatic heterocycles. The number of nitrogens with one attached hydrogen (secondary N) is 1. The van der Waals surface area contributed by atoms with E-state index in [1.807, 2.05) is 48.5 Å². The molecule has 2 saturated heterocycles. The van der Waals surface area contributed by atoms with Crippen molar-refractivity contribution in [3.05, 3.63) is 54.1 Å². The molecule has 1 amide bonds. The third-order valence-electron chi connectivity index (χ3n) is 4.88. The van der Waals surface area contributed by atoms with Crippen molar-refractivity contribution >= 4 is 23.4 Å². The SMILES string of the molecule is Nc1ccc(Sc2ccc(C(=O)NC3CN4CCC3C4)cc2)cc1. The Morgan fingerprint density at radius 1 is 1.04 bits per heavy atom. The van der Waals surface area contributed by atoms with Gasteiger partial charge >= 0.3 is 0 Å². The lowest BCUT2D eigenvalue weighted by molar-refractivity contribution is 0.0924. The molecule has 3 N–H and O–H groups in total. The maximum absolute atomic E-state index is 12.4. The van der Waals surface area contributed by atoms with E-state index in [0.717, 1.165) is 34.1 Å². The van der Waals surface area contributed by atoms with Crippen molar-refractivity contribution in [2.45, 2.75) is 22.3 Å². The molecule has 2 bridgehead atoms. The van der Waals surface area contributed by atoms with Crippen LogP contribution in [0.15, 0.2) is 58.3 Å². The van der Waals surface area contributed by atoms with Crippen molar-refractivity contribution in [2.24, 2.45) is 5.92 Å². The minimum atomic E-state index is 0.0396. The van der Waals surface area contributed by atoms with Gasteiger partial charge in [-0.1, -0.05) is 11.8 Å². The van der Waals surface area contributed by atoms with Gasteiger partial charge in [0, 0.05) is 40.2 Å². The van der Waals surface area contributed by atoms with Gasteiger partial charge < -0.3 is 16.0 Å². The Morgan fingerprint density at radius 3 is 2.29 bits per heavy atom. The maximum Gasteiger partial charge on any atom is 0.251 e. The van der Waals surface area contributed by atoms with E-state index >= 15 is 0 Å². The Hall–Kier alpha value is -1.98. The average molecular weight is 339 g/mol. The molecule has 5 heteroatoms. The molecule has 0 aliphatic carbocycles. The summed E-state index contributed by atoms with van der Waals surface area (Å²) in [5.41, 5.74) is 7.20. The number of nitrogen functional groups attached to an aromatic ring is 1. The van der Waals surface area contributed by atoms with E-state index in [2.05, 4.69) is 10.2 Å². The lowest BCUT2D eigenvalue weighted by atomic mass is 9.99. The standard InChI is InChI=1S/C19H21N3OS/c20-15-3-7-17(8-4-15)24-16-5-1-13(2-6-16)19(23)21-18-12-22-10-9-14(18)11-22/h1-8,14,18H,9-12,20H2,(H,21,23). The van der Waals surface area contributed by atoms with Gasteiger partial charge in [0.05, 0.1) is 0 Å². The van der Waals surface area contributed by atoms with E-state index in [1.54, 1.807) is 11.8 Å². The van der Waals surface area contributed by atoms with Crippen LogP contribution in [-0.4, -0.2) is 36.5 Å². The molecule has 2 aliphatic rings. The number of amides is 1. The number of benzene rings is 2. The number of rotatable bonds is 4. The predicted octanol–water partition coefficient (Wildman–Crippen LogP) is 2.85. The van der Waals surface area contributed by atoms with Crippen molar-refractivity contribution < 1.29 is 4.79 Å². The number of nitrogens with zero attached hydrogens (tertiary/aromatic N) is 1. The topological polar surface area (TPSA) is 58.4 Å². The number of anilines is 1. The number of carbonyl (C=O) groups is 1. The van der Waals surface area contributed by atoms with Gasteiger partial charge in [0.1, 0.15) is 0 Å². The van der Waals surface area contributed by atoms with Crippen LogP contribution in [0.4, 0.5) is 5.69 Å². The van der Waals surface area contributed by atoms with Crippen molar-refractivity contribution in [2.75, 3.05) is 25.4 Å². The highest BCUT2D eigenvalue weighted by molar-refractivity contribution is 7.99. The molecule has 2 heterocycles. The highest BCUT2D eigenvalue weighted by Crippen LogP contribution is 2.29. The molecular formula is C19H21N3OS. The number of fused-ring (bicyclic) bond motifs is 2. The van der Waals surface area contributed by atoms with E-state index in [-0.39, 0.29) is 5.91 Å². The maximum atomic E-state index is 12.4. The first-order valence-corrected chi connectivity index (χ1v) is 9.16. The summed E-state index contributed by atoms with van der Waals surface area (Å²) in [7, 11) is 0. The van der Waals surface area contributed by atoms with Gasteiger partial charge in [-0.3, -0.25) is 4.79 Å². The highest BCUT2D eigenvalue weighted by Gasteiger charge is 2.38. The third kappa shape index (κ3) is 3.28. The number of carbonyl (C=O) groups excluding carboxylic acids is 1. The van der Waals surface area contributed by atoms with Crippen LogP contribution < -0.4 is 11.1 Å². The van der Waals surface area contributed by atoms with Crippen LogP contribution in [0.3, 0.4) is 0 Å². The highest BCUT2D eigenvalue weighted by atomic mass is 32.2. The van der Waals surface area contributed by atoms with E-state index in [4.69, 9.17) is 5.73 Å². The molecule has 0 aromatic heterocycles. The zero-order valence-corrected chi connectivity index (χ0v) is 14.3. The second-order valence-corrected chi connectivity index (χ2v) is 7.73. The Morgan fingerprint density at radius 2 is 1.71 bits per heavy atom. The van der Waals surface area contributed by atoms with Gasteiger partial charge in [-0.25, -0.2) is 0 Å². The molecule has 0 saturated carbocycles. The summed E-state index contributed by atoms with van der Waals surface area (Å²) in [4.78, 5) is 17.1. The molecule has 0 radical (unpaired) electrons. The van der Waals surface area contributed by atoms with Crippen LogP contribution in [0, 0.1) is 5.92 Å². The average Bonchev–Trinajstić information content (AvgIpc) is 3.20. The lowest BCUT2D eigenvalue weighted by Crippen LogP contribution is -2.43. The third-order valence-corrected chi connectivity index (χ3v) is 5.90. The Labute approximate surface area is 146 Å². The summed E-state index contributed by atoms with van der Waals surface area (Å²) >= 11 is 1.67. The first-order chi connectivity index (χ1) is 11.7. The van der Waals surface area contributed by atoms with Crippen LogP contribution in [-0.2, 0) is 0 Å².